The van der Waals surface area contributed by atoms with Gasteiger partial charge in [-0.25, -0.2) is 15.0 Å². The first-order chi connectivity index (χ1) is 18.0. The Hall–Kier alpha value is -4.03. The van der Waals surface area contributed by atoms with Gasteiger partial charge in [-0.3, -0.25) is 4.79 Å². The Bertz CT molecular complexity index is 1360. The van der Waals surface area contributed by atoms with E-state index >= 15 is 0 Å². The van der Waals surface area contributed by atoms with E-state index in [0.29, 0.717) is 55.6 Å². The largest absolute Gasteiger partial charge is 0.384 e. The quantitative estimate of drug-likeness (QED) is 0.458. The molecular formula is C28H31N7O2. The molecule has 0 aromatic carbocycles. The maximum Gasteiger partial charge on any atom is 0.225 e. The number of carbonyl (C=O) groups excluding carboxylic acids is 1. The highest BCUT2D eigenvalue weighted by Gasteiger charge is 2.34. The summed E-state index contributed by atoms with van der Waals surface area (Å²) in [7, 11) is 1.60. The second-order valence-electron chi connectivity index (χ2n) is 9.53. The predicted molar refractivity (Wildman–Crippen MR) is 143 cm³/mol. The van der Waals surface area contributed by atoms with Crippen LogP contribution in [0.3, 0.4) is 0 Å². The minimum atomic E-state index is 0.0101. The smallest absolute Gasteiger partial charge is 0.225 e. The van der Waals surface area contributed by atoms with E-state index in [1.807, 2.05) is 41.0 Å². The van der Waals surface area contributed by atoms with Gasteiger partial charge in [-0.15, -0.1) is 0 Å². The van der Waals surface area contributed by atoms with Crippen LogP contribution in [0, 0.1) is 11.3 Å². The van der Waals surface area contributed by atoms with E-state index in [-0.39, 0.29) is 11.9 Å². The number of anilines is 3. The molecule has 1 atom stereocenters. The fraction of sp³-hybridized carbons (Fsp3) is 0.393. The third kappa shape index (κ3) is 4.85. The molecule has 1 aliphatic carbocycles. The van der Waals surface area contributed by atoms with E-state index in [2.05, 4.69) is 27.5 Å². The molecule has 3 aromatic rings. The van der Waals surface area contributed by atoms with Gasteiger partial charge in [0.15, 0.2) is 5.65 Å². The summed E-state index contributed by atoms with van der Waals surface area (Å²) in [5.41, 5.74) is 3.88. The second kappa shape index (κ2) is 10.5. The summed E-state index contributed by atoms with van der Waals surface area (Å²) in [6.45, 7) is 8.38. The molecule has 3 aromatic heterocycles. The second-order valence-corrected chi connectivity index (χ2v) is 9.53. The van der Waals surface area contributed by atoms with Crippen LogP contribution in [0.25, 0.3) is 11.0 Å². The van der Waals surface area contributed by atoms with Crippen molar-refractivity contribution in [2.75, 3.05) is 43.2 Å². The number of amides is 1. The first kappa shape index (κ1) is 24.7. The highest BCUT2D eigenvalue weighted by Crippen LogP contribution is 2.47. The molecule has 190 valence electrons. The fourth-order valence-corrected chi connectivity index (χ4v) is 5.04. The highest BCUT2D eigenvalue weighted by molar-refractivity contribution is 5.93. The number of carbonyl (C=O) groups is 1. The van der Waals surface area contributed by atoms with Crippen molar-refractivity contribution in [1.29, 1.82) is 5.26 Å². The molecule has 0 N–H and O–H groups in total. The van der Waals surface area contributed by atoms with Gasteiger partial charge < -0.3 is 19.4 Å². The summed E-state index contributed by atoms with van der Waals surface area (Å²) < 4.78 is 5.07. The molecule has 9 nitrogen and oxygen atoms in total. The zero-order valence-corrected chi connectivity index (χ0v) is 21.3. The standard InChI is InChI=1S/C28H31N7O2/c1-4-34(23-9-12-31-27-22(23)6-5-11-30-27)24-16-21(17-29)28(32-26(24)20-7-8-20)33-13-14-35(19(2)18-33)25(36)10-15-37-3/h4-6,9,11-12,16,19-20H,1,7-8,10,13-15,18H2,2-3H3. The summed E-state index contributed by atoms with van der Waals surface area (Å²) >= 11 is 0. The van der Waals surface area contributed by atoms with Gasteiger partial charge in [0.2, 0.25) is 5.91 Å². The van der Waals surface area contributed by atoms with E-state index in [1.54, 1.807) is 25.7 Å². The molecule has 1 amide bonds. The average molecular weight is 498 g/mol. The maximum atomic E-state index is 12.6. The predicted octanol–water partition coefficient (Wildman–Crippen LogP) is 4.13. The first-order valence-electron chi connectivity index (χ1n) is 12.7. The van der Waals surface area contributed by atoms with Crippen LogP contribution in [-0.4, -0.2) is 65.2 Å². The number of aromatic nitrogens is 3. The molecule has 37 heavy (non-hydrogen) atoms. The lowest BCUT2D eigenvalue weighted by Gasteiger charge is -2.41. The molecule has 1 saturated heterocycles. The molecule has 1 aliphatic heterocycles. The van der Waals surface area contributed by atoms with Crippen LogP contribution in [0.1, 0.15) is 43.4 Å². The SMILES string of the molecule is C=CN(c1cc(C#N)c(N2CCN(C(=O)CCOC)C(C)C2)nc1C1CC1)c1ccnc2ncccc12. The number of ether oxygens (including phenoxy) is 1. The molecule has 2 aliphatic rings. The third-order valence-electron chi connectivity index (χ3n) is 7.06. The van der Waals surface area contributed by atoms with Crippen LogP contribution in [0.5, 0.6) is 0 Å². The molecule has 1 saturated carbocycles. The molecule has 0 spiro atoms. The van der Waals surface area contributed by atoms with Gasteiger partial charge in [0, 0.05) is 62.7 Å². The molecule has 2 fully saturated rings. The Kier molecular flexibility index (Phi) is 7.01. The summed E-state index contributed by atoms with van der Waals surface area (Å²) in [6, 6.07) is 10.1. The van der Waals surface area contributed by atoms with Crippen LogP contribution in [-0.2, 0) is 9.53 Å². The zero-order chi connectivity index (χ0) is 25.9. The van der Waals surface area contributed by atoms with Crippen LogP contribution in [0.4, 0.5) is 17.2 Å². The number of hydrogen-bond acceptors (Lipinski definition) is 8. The highest BCUT2D eigenvalue weighted by atomic mass is 16.5. The molecule has 0 bridgehead atoms. The van der Waals surface area contributed by atoms with Crippen LogP contribution in [0.2, 0.25) is 0 Å². The number of piperazine rings is 1. The van der Waals surface area contributed by atoms with Crippen LogP contribution >= 0.6 is 0 Å². The van der Waals surface area contributed by atoms with Crippen LogP contribution in [0.15, 0.2) is 49.4 Å². The third-order valence-corrected chi connectivity index (χ3v) is 7.06. The van der Waals surface area contributed by atoms with Gasteiger partial charge in [0.05, 0.1) is 35.7 Å². The maximum absolute atomic E-state index is 12.6. The normalized spacial score (nSPS) is 17.5. The summed E-state index contributed by atoms with van der Waals surface area (Å²) in [5.74, 6) is 1.12. The Morgan fingerprint density at radius 1 is 1.27 bits per heavy atom. The van der Waals surface area contributed by atoms with Gasteiger partial charge in [0.1, 0.15) is 11.9 Å². The summed E-state index contributed by atoms with van der Waals surface area (Å²) in [5, 5.41) is 11.1. The van der Waals surface area contributed by atoms with Gasteiger partial charge in [-0.1, -0.05) is 6.58 Å². The zero-order valence-electron chi connectivity index (χ0n) is 21.3. The molecule has 1 unspecified atom stereocenters. The molecule has 4 heterocycles. The number of pyridine rings is 3. The fourth-order valence-electron chi connectivity index (χ4n) is 5.04. The van der Waals surface area contributed by atoms with Crippen molar-refractivity contribution >= 4 is 34.1 Å². The van der Waals surface area contributed by atoms with Crippen molar-refractivity contribution in [3.63, 3.8) is 0 Å². The number of nitriles is 1. The molecular weight excluding hydrogens is 466 g/mol. The van der Waals surface area contributed by atoms with Gasteiger partial charge >= 0.3 is 0 Å². The summed E-state index contributed by atoms with van der Waals surface area (Å²) in [6.07, 6.45) is 7.72. The number of methoxy groups -OCH3 is 1. The number of hydrogen-bond donors (Lipinski definition) is 0. The monoisotopic (exact) mass is 497 g/mol. The van der Waals surface area contributed by atoms with E-state index in [0.717, 1.165) is 35.3 Å². The van der Waals surface area contributed by atoms with Crippen molar-refractivity contribution in [1.82, 2.24) is 19.9 Å². The van der Waals surface area contributed by atoms with Gasteiger partial charge in [-0.2, -0.15) is 5.26 Å². The lowest BCUT2D eigenvalue weighted by molar-refractivity contribution is -0.134. The average Bonchev–Trinajstić information content (AvgIpc) is 3.77. The topological polar surface area (TPSA) is 98.5 Å². The number of fused-ring (bicyclic) bond motifs is 1. The number of nitrogens with zero attached hydrogens (tertiary/aromatic N) is 7. The Morgan fingerprint density at radius 2 is 2.08 bits per heavy atom. The van der Waals surface area contributed by atoms with E-state index in [4.69, 9.17) is 9.72 Å². The van der Waals surface area contributed by atoms with Crippen molar-refractivity contribution in [2.24, 2.45) is 0 Å². The first-order valence-corrected chi connectivity index (χ1v) is 12.7. The lowest BCUT2D eigenvalue weighted by atomic mass is 10.1. The number of rotatable bonds is 8. The molecule has 5 rings (SSSR count). The van der Waals surface area contributed by atoms with Crippen LogP contribution < -0.4 is 9.80 Å². The van der Waals surface area contributed by atoms with Gasteiger partial charge in [0.25, 0.3) is 0 Å². The van der Waals surface area contributed by atoms with E-state index in [9.17, 15) is 10.1 Å². The Morgan fingerprint density at radius 3 is 2.78 bits per heavy atom. The van der Waals surface area contributed by atoms with Crippen molar-refractivity contribution < 1.29 is 9.53 Å². The minimum absolute atomic E-state index is 0.0101. The van der Waals surface area contributed by atoms with Gasteiger partial charge in [-0.05, 0) is 44.0 Å². The van der Waals surface area contributed by atoms with Crippen molar-refractivity contribution in [2.45, 2.75) is 38.1 Å². The minimum Gasteiger partial charge on any atom is -0.384 e. The van der Waals surface area contributed by atoms with Crippen molar-refractivity contribution in [3.05, 3.63) is 60.7 Å². The Balaban J connectivity index is 1.50. The van der Waals surface area contributed by atoms with Crippen molar-refractivity contribution in [3.8, 4) is 6.07 Å². The summed E-state index contributed by atoms with van der Waals surface area (Å²) in [4.78, 5) is 32.5. The van der Waals surface area contributed by atoms with E-state index in [1.165, 1.54) is 0 Å². The Labute approximate surface area is 217 Å². The lowest BCUT2D eigenvalue weighted by Crippen LogP contribution is -2.54. The van der Waals surface area contributed by atoms with E-state index < -0.39 is 0 Å². The molecule has 0 radical (unpaired) electrons. The molecule has 9 heteroatoms.